The van der Waals surface area contributed by atoms with Crippen molar-refractivity contribution in [2.45, 2.75) is 0 Å². The third-order valence-electron chi connectivity index (χ3n) is 2.95. The van der Waals surface area contributed by atoms with Crippen LogP contribution in [0, 0.1) is 0 Å². The summed E-state index contributed by atoms with van der Waals surface area (Å²) in [5, 5.41) is 4.05. The van der Waals surface area contributed by atoms with Crippen LogP contribution in [-0.4, -0.2) is 27.7 Å². The summed E-state index contributed by atoms with van der Waals surface area (Å²) in [4.78, 5) is 26.2. The summed E-state index contributed by atoms with van der Waals surface area (Å²) in [6.07, 6.45) is 1.67. The van der Waals surface area contributed by atoms with Crippen LogP contribution in [0.5, 0.6) is 0 Å². The number of carbonyl (C=O) groups excluding carboxylic acids is 1. The fourth-order valence-electron chi connectivity index (χ4n) is 1.97. The average molecular weight is 269 g/mol. The van der Waals surface area contributed by atoms with Crippen molar-refractivity contribution in [2.75, 3.05) is 7.11 Å². The monoisotopic (exact) mass is 269 g/mol. The van der Waals surface area contributed by atoms with Crippen molar-refractivity contribution in [1.29, 1.82) is 0 Å². The first-order valence-corrected chi connectivity index (χ1v) is 5.95. The summed E-state index contributed by atoms with van der Waals surface area (Å²) in [5.41, 5.74) is 1.58. The highest BCUT2D eigenvalue weighted by atomic mass is 16.5. The Hall–Kier alpha value is -2.89. The van der Waals surface area contributed by atoms with E-state index in [1.807, 2.05) is 30.3 Å². The largest absolute Gasteiger partial charge is 0.464 e. The fraction of sp³-hybridized carbons (Fsp3) is 0.0714. The Bertz CT molecular complexity index is 834. The molecule has 0 aliphatic carbocycles. The standard InChI is InChI=1S/C14H11N3O3/c1-20-14(19)10-7-12-13(18)15-11(8-17(12)16-10)9-5-3-2-4-6-9/h2-8H,1H3,(H,15,18). The molecule has 0 atom stereocenters. The maximum Gasteiger partial charge on any atom is 0.358 e. The number of H-pyrrole nitrogens is 1. The summed E-state index contributed by atoms with van der Waals surface area (Å²) in [6, 6.07) is 10.8. The molecule has 2 heterocycles. The number of hydrogen-bond donors (Lipinski definition) is 1. The first kappa shape index (κ1) is 12.2. The van der Waals surface area contributed by atoms with E-state index in [1.165, 1.54) is 17.7 Å². The van der Waals surface area contributed by atoms with E-state index >= 15 is 0 Å². The van der Waals surface area contributed by atoms with E-state index in [-0.39, 0.29) is 11.3 Å². The number of aromatic nitrogens is 3. The zero-order valence-electron chi connectivity index (χ0n) is 10.7. The molecular formula is C14H11N3O3. The first-order chi connectivity index (χ1) is 9.69. The molecule has 0 aliphatic heterocycles. The van der Waals surface area contributed by atoms with Gasteiger partial charge in [-0.05, 0) is 5.56 Å². The summed E-state index contributed by atoms with van der Waals surface area (Å²) >= 11 is 0. The van der Waals surface area contributed by atoms with Crippen LogP contribution in [0.15, 0.2) is 47.4 Å². The lowest BCUT2D eigenvalue weighted by Crippen LogP contribution is -2.10. The predicted molar refractivity (Wildman–Crippen MR) is 72.6 cm³/mol. The van der Waals surface area contributed by atoms with E-state index in [0.717, 1.165) is 5.56 Å². The second-order valence-corrected chi connectivity index (χ2v) is 4.21. The molecule has 0 amide bonds. The van der Waals surface area contributed by atoms with E-state index in [9.17, 15) is 9.59 Å². The first-order valence-electron chi connectivity index (χ1n) is 5.95. The summed E-state index contributed by atoms with van der Waals surface area (Å²) in [7, 11) is 1.27. The number of esters is 1. The van der Waals surface area contributed by atoms with Crippen LogP contribution in [-0.2, 0) is 4.74 Å². The molecule has 100 valence electrons. The third-order valence-corrected chi connectivity index (χ3v) is 2.95. The van der Waals surface area contributed by atoms with E-state index in [2.05, 4.69) is 14.8 Å². The van der Waals surface area contributed by atoms with Crippen molar-refractivity contribution in [3.63, 3.8) is 0 Å². The lowest BCUT2D eigenvalue weighted by atomic mass is 10.2. The molecule has 2 aromatic heterocycles. The Labute approximate surface area is 113 Å². The zero-order chi connectivity index (χ0) is 14.1. The van der Waals surface area contributed by atoms with Crippen LogP contribution in [0.25, 0.3) is 16.8 Å². The van der Waals surface area contributed by atoms with Crippen LogP contribution in [0.2, 0.25) is 0 Å². The highest BCUT2D eigenvalue weighted by molar-refractivity contribution is 5.88. The molecule has 6 nitrogen and oxygen atoms in total. The van der Waals surface area contributed by atoms with Gasteiger partial charge in [0, 0.05) is 6.07 Å². The van der Waals surface area contributed by atoms with Crippen molar-refractivity contribution in [2.24, 2.45) is 0 Å². The molecule has 1 N–H and O–H groups in total. The van der Waals surface area contributed by atoms with Crippen LogP contribution < -0.4 is 5.56 Å². The highest BCUT2D eigenvalue weighted by Crippen LogP contribution is 2.15. The second-order valence-electron chi connectivity index (χ2n) is 4.21. The van der Waals surface area contributed by atoms with Crippen LogP contribution in [0.1, 0.15) is 10.5 Å². The van der Waals surface area contributed by atoms with Crippen molar-refractivity contribution in [1.82, 2.24) is 14.6 Å². The molecular weight excluding hydrogens is 258 g/mol. The molecule has 20 heavy (non-hydrogen) atoms. The van der Waals surface area contributed by atoms with Gasteiger partial charge in [0.1, 0.15) is 5.52 Å². The molecule has 0 spiro atoms. The zero-order valence-corrected chi connectivity index (χ0v) is 10.7. The maximum atomic E-state index is 12.0. The molecule has 0 saturated heterocycles. The van der Waals surface area contributed by atoms with E-state index in [1.54, 1.807) is 6.20 Å². The van der Waals surface area contributed by atoms with Crippen LogP contribution in [0.3, 0.4) is 0 Å². The number of fused-ring (bicyclic) bond motifs is 1. The van der Waals surface area contributed by atoms with Gasteiger partial charge in [-0.15, -0.1) is 0 Å². The van der Waals surface area contributed by atoms with Gasteiger partial charge in [0.25, 0.3) is 5.56 Å². The molecule has 0 saturated carbocycles. The minimum Gasteiger partial charge on any atom is -0.464 e. The molecule has 1 aromatic carbocycles. The average Bonchev–Trinajstić information content (AvgIpc) is 2.92. The lowest BCUT2D eigenvalue weighted by Gasteiger charge is -2.01. The number of nitrogens with one attached hydrogen (secondary N) is 1. The topological polar surface area (TPSA) is 76.5 Å². The number of carbonyl (C=O) groups is 1. The number of aromatic amines is 1. The van der Waals surface area contributed by atoms with Crippen molar-refractivity contribution >= 4 is 11.5 Å². The Morgan fingerprint density at radius 3 is 2.75 bits per heavy atom. The number of rotatable bonds is 2. The minimum atomic E-state index is -0.575. The van der Waals surface area contributed by atoms with Crippen molar-refractivity contribution < 1.29 is 9.53 Å². The smallest absolute Gasteiger partial charge is 0.358 e. The van der Waals surface area contributed by atoms with E-state index in [4.69, 9.17) is 0 Å². The molecule has 6 heteroatoms. The number of ether oxygens (including phenoxy) is 1. The number of methoxy groups -OCH3 is 1. The quantitative estimate of drug-likeness (QED) is 0.715. The van der Waals surface area contributed by atoms with Crippen molar-refractivity contribution in [3.8, 4) is 11.3 Å². The van der Waals surface area contributed by atoms with Gasteiger partial charge < -0.3 is 9.72 Å². The molecule has 0 radical (unpaired) electrons. The summed E-state index contributed by atoms with van der Waals surface area (Å²) in [5.74, 6) is -0.575. The molecule has 3 aromatic rings. The normalized spacial score (nSPS) is 10.7. The third kappa shape index (κ3) is 1.97. The van der Waals surface area contributed by atoms with Gasteiger partial charge in [0.15, 0.2) is 5.69 Å². The van der Waals surface area contributed by atoms with Gasteiger partial charge in [0.05, 0.1) is 19.0 Å². The van der Waals surface area contributed by atoms with Gasteiger partial charge >= 0.3 is 5.97 Å². The second kappa shape index (κ2) is 4.65. The molecule has 0 bridgehead atoms. The molecule has 0 unspecified atom stereocenters. The minimum absolute atomic E-state index is 0.100. The predicted octanol–water partition coefficient (Wildman–Crippen LogP) is 1.48. The summed E-state index contributed by atoms with van der Waals surface area (Å²) < 4.78 is 5.98. The number of nitrogens with zero attached hydrogens (tertiary/aromatic N) is 2. The highest BCUT2D eigenvalue weighted by Gasteiger charge is 2.13. The Kier molecular flexibility index (Phi) is 2.83. The number of hydrogen-bond acceptors (Lipinski definition) is 4. The van der Waals surface area contributed by atoms with Gasteiger partial charge in [0.2, 0.25) is 0 Å². The Balaban J connectivity index is 2.19. The van der Waals surface area contributed by atoms with Crippen molar-refractivity contribution in [3.05, 3.63) is 58.6 Å². The lowest BCUT2D eigenvalue weighted by molar-refractivity contribution is 0.0593. The molecule has 0 fully saturated rings. The van der Waals surface area contributed by atoms with Gasteiger partial charge in [-0.25, -0.2) is 9.31 Å². The fourth-order valence-corrected chi connectivity index (χ4v) is 1.97. The Morgan fingerprint density at radius 1 is 1.30 bits per heavy atom. The molecule has 0 aliphatic rings. The van der Waals surface area contributed by atoms with E-state index < -0.39 is 5.97 Å². The van der Waals surface area contributed by atoms with E-state index in [0.29, 0.717) is 11.2 Å². The van der Waals surface area contributed by atoms with Gasteiger partial charge in [-0.2, -0.15) is 5.10 Å². The van der Waals surface area contributed by atoms with Crippen LogP contribution >= 0.6 is 0 Å². The Morgan fingerprint density at radius 2 is 2.05 bits per heavy atom. The van der Waals surface area contributed by atoms with Crippen LogP contribution in [0.4, 0.5) is 0 Å². The number of benzene rings is 1. The van der Waals surface area contributed by atoms with Gasteiger partial charge in [-0.3, -0.25) is 4.79 Å². The maximum absolute atomic E-state index is 12.0. The van der Waals surface area contributed by atoms with Gasteiger partial charge in [-0.1, -0.05) is 30.3 Å². The molecule has 3 rings (SSSR count). The summed E-state index contributed by atoms with van der Waals surface area (Å²) in [6.45, 7) is 0. The SMILES string of the molecule is COC(=O)c1cc2c(=O)[nH]c(-c3ccccc3)cn2n1.